The van der Waals surface area contributed by atoms with Gasteiger partial charge in [0.1, 0.15) is 0 Å². The van der Waals surface area contributed by atoms with Crippen LogP contribution in [0.15, 0.2) is 107 Å². The van der Waals surface area contributed by atoms with Gasteiger partial charge in [0.25, 0.3) is 11.1 Å². The molecule has 0 aliphatic rings. The average Bonchev–Trinajstić information content (AvgIpc) is 2.97. The highest BCUT2D eigenvalue weighted by Crippen LogP contribution is 2.26. The number of benzene rings is 4. The molecule has 216 valence electrons. The number of hydrogen-bond acceptors (Lipinski definition) is 6. The van der Waals surface area contributed by atoms with E-state index in [0.29, 0.717) is 21.7 Å². The second kappa shape index (κ2) is 13.1. The molecule has 0 saturated heterocycles. The predicted octanol–water partition coefficient (Wildman–Crippen LogP) is 3.00. The van der Waals surface area contributed by atoms with E-state index in [1.807, 2.05) is 62.4 Å². The molecule has 43 heavy (non-hydrogen) atoms. The number of rotatable bonds is 4. The van der Waals surface area contributed by atoms with E-state index in [1.54, 1.807) is 48.8 Å². The Balaban J connectivity index is 0.000000192. The maximum absolute atomic E-state index is 11.7. The number of pyridine rings is 2. The molecule has 0 spiro atoms. The quantitative estimate of drug-likeness (QED) is 0.179. The second-order valence-corrected chi connectivity index (χ2v) is 10.2. The van der Waals surface area contributed by atoms with Crippen molar-refractivity contribution in [3.05, 3.63) is 129 Å². The first-order valence-corrected chi connectivity index (χ1v) is 13.3. The molecule has 4 aromatic carbocycles. The molecule has 6 aromatic rings. The lowest BCUT2D eigenvalue weighted by molar-refractivity contribution is 0.424. The van der Waals surface area contributed by atoms with Gasteiger partial charge in [0.15, 0.2) is 0 Å². The second-order valence-electron chi connectivity index (χ2n) is 10.2. The third kappa shape index (κ3) is 6.85. The lowest BCUT2D eigenvalue weighted by Gasteiger charge is -2.10. The van der Waals surface area contributed by atoms with E-state index in [9.17, 15) is 29.7 Å². The third-order valence-corrected chi connectivity index (χ3v) is 7.15. The van der Waals surface area contributed by atoms with Crippen LogP contribution in [0.1, 0.15) is 18.6 Å². The van der Waals surface area contributed by atoms with Crippen molar-refractivity contribution in [2.24, 2.45) is 0 Å². The van der Waals surface area contributed by atoms with Gasteiger partial charge < -0.3 is 30.1 Å². The van der Waals surface area contributed by atoms with E-state index < -0.39 is 14.2 Å². The number of aromatic amines is 2. The highest BCUT2D eigenvalue weighted by molar-refractivity contribution is 6.59. The smallest absolute Gasteiger partial charge is 0.423 e. The molecule has 0 amide bonds. The van der Waals surface area contributed by atoms with Gasteiger partial charge in [0, 0.05) is 23.2 Å². The van der Waals surface area contributed by atoms with Crippen LogP contribution in [-0.2, 0) is 0 Å². The highest BCUT2D eigenvalue weighted by atomic mass is 16.4. The molecule has 0 fully saturated rings. The molecule has 2 heterocycles. The zero-order valence-corrected chi connectivity index (χ0v) is 23.0. The highest BCUT2D eigenvalue weighted by Gasteiger charge is 2.14. The van der Waals surface area contributed by atoms with Crippen molar-refractivity contribution in [3.8, 4) is 22.3 Å². The van der Waals surface area contributed by atoms with Gasteiger partial charge in [0.2, 0.25) is 0 Å². The van der Waals surface area contributed by atoms with E-state index in [1.165, 1.54) is 0 Å². The average molecular weight is 574 g/mol. The van der Waals surface area contributed by atoms with Crippen LogP contribution >= 0.6 is 0 Å². The Hall–Kier alpha value is -4.73. The Labute approximate surface area is 249 Å². The fourth-order valence-electron chi connectivity index (χ4n) is 4.97. The zero-order chi connectivity index (χ0) is 30.0. The minimum absolute atomic E-state index is 0. The number of fused-ring (bicyclic) bond motifs is 2. The van der Waals surface area contributed by atoms with Crippen molar-refractivity contribution in [2.45, 2.75) is 21.3 Å². The van der Waals surface area contributed by atoms with E-state index in [4.69, 9.17) is 0 Å². The Kier molecular flexibility index (Phi) is 9.48. The summed E-state index contributed by atoms with van der Waals surface area (Å²) < 4.78 is 0. The van der Waals surface area contributed by atoms with Gasteiger partial charge in [-0.15, -0.1) is 0 Å². The standard InChI is InChI=1S/2C16H14BNO3.CH4/c1-10-2-4-13(17(20)21)9-15(10)11-3-5-14-12(8-11)6-7-18-16(14)19;1-10-6-13(9-14(7-10)17(20)21)11-2-3-15-12(8-11)4-5-18-16(15)19;/h2*2-9,20-21H,1H3,(H,18,19);1H4. The van der Waals surface area contributed by atoms with Crippen molar-refractivity contribution in [2.75, 3.05) is 0 Å². The van der Waals surface area contributed by atoms with Gasteiger partial charge in [-0.3, -0.25) is 9.59 Å². The van der Waals surface area contributed by atoms with Crippen LogP contribution in [0, 0.1) is 13.8 Å². The zero-order valence-electron chi connectivity index (χ0n) is 23.0. The summed E-state index contributed by atoms with van der Waals surface area (Å²) in [5.74, 6) is 0. The van der Waals surface area contributed by atoms with Crippen LogP contribution in [0.2, 0.25) is 0 Å². The molecule has 0 saturated carbocycles. The van der Waals surface area contributed by atoms with E-state index in [-0.39, 0.29) is 18.5 Å². The lowest BCUT2D eigenvalue weighted by Crippen LogP contribution is -2.30. The fraction of sp³-hybridized carbons (Fsp3) is 0.0909. The molecule has 2 aromatic heterocycles. The SMILES string of the molecule is C.Cc1cc(B(O)O)cc(-c2ccc3c(=O)[nH]ccc3c2)c1.Cc1ccc(B(O)O)cc1-c1ccc2c(=O)[nH]ccc2c1. The Morgan fingerprint density at radius 3 is 1.70 bits per heavy atom. The number of aryl methyl sites for hydroxylation is 2. The van der Waals surface area contributed by atoms with Crippen LogP contribution < -0.4 is 22.0 Å². The first kappa shape index (κ1) is 31.2. The molecular weight excluding hydrogens is 542 g/mol. The van der Waals surface area contributed by atoms with Gasteiger partial charge in [-0.1, -0.05) is 61.5 Å². The number of hydrogen-bond donors (Lipinski definition) is 6. The predicted molar refractivity (Wildman–Crippen MR) is 176 cm³/mol. The molecule has 0 unspecified atom stereocenters. The van der Waals surface area contributed by atoms with Gasteiger partial charge in [-0.05, 0) is 99.8 Å². The van der Waals surface area contributed by atoms with Crippen LogP contribution in [0.4, 0.5) is 0 Å². The van der Waals surface area contributed by atoms with E-state index in [2.05, 4.69) is 9.97 Å². The molecule has 0 aliphatic heterocycles. The lowest BCUT2D eigenvalue weighted by atomic mass is 9.78. The molecule has 0 atom stereocenters. The molecular formula is C33H32B2N2O6. The summed E-state index contributed by atoms with van der Waals surface area (Å²) in [4.78, 5) is 28.7. The molecule has 10 heteroatoms. The van der Waals surface area contributed by atoms with Crippen LogP contribution in [0.5, 0.6) is 0 Å². The van der Waals surface area contributed by atoms with Gasteiger partial charge in [-0.2, -0.15) is 0 Å². The molecule has 0 aliphatic carbocycles. The summed E-state index contributed by atoms with van der Waals surface area (Å²) in [7, 11) is -2.99. The first-order valence-electron chi connectivity index (χ1n) is 13.3. The first-order chi connectivity index (χ1) is 20.1. The van der Waals surface area contributed by atoms with Gasteiger partial charge in [0.05, 0.1) is 0 Å². The fourth-order valence-corrected chi connectivity index (χ4v) is 4.97. The van der Waals surface area contributed by atoms with Crippen molar-refractivity contribution in [1.82, 2.24) is 9.97 Å². The van der Waals surface area contributed by atoms with Crippen molar-refractivity contribution >= 4 is 46.7 Å². The summed E-state index contributed by atoms with van der Waals surface area (Å²) in [6.07, 6.45) is 3.24. The molecule has 8 nitrogen and oxygen atoms in total. The summed E-state index contributed by atoms with van der Waals surface area (Å²) >= 11 is 0. The monoisotopic (exact) mass is 574 g/mol. The topological polar surface area (TPSA) is 147 Å². The normalized spacial score (nSPS) is 10.6. The molecule has 0 bridgehead atoms. The summed E-state index contributed by atoms with van der Waals surface area (Å²) in [5, 5.41) is 40.3. The number of nitrogens with one attached hydrogen (secondary N) is 2. The minimum Gasteiger partial charge on any atom is -0.423 e. The minimum atomic E-state index is -1.49. The Bertz CT molecular complexity index is 2040. The van der Waals surface area contributed by atoms with Crippen LogP contribution in [-0.4, -0.2) is 44.3 Å². The maximum atomic E-state index is 11.7. The maximum Gasteiger partial charge on any atom is 0.488 e. The summed E-state index contributed by atoms with van der Waals surface area (Å²) in [6, 6.07) is 25.6. The van der Waals surface area contributed by atoms with Gasteiger partial charge in [-0.25, -0.2) is 0 Å². The number of aromatic nitrogens is 2. The van der Waals surface area contributed by atoms with Crippen molar-refractivity contribution in [1.29, 1.82) is 0 Å². The largest absolute Gasteiger partial charge is 0.488 e. The van der Waals surface area contributed by atoms with Crippen molar-refractivity contribution < 1.29 is 20.1 Å². The van der Waals surface area contributed by atoms with E-state index >= 15 is 0 Å². The van der Waals surface area contributed by atoms with Crippen LogP contribution in [0.25, 0.3) is 43.8 Å². The van der Waals surface area contributed by atoms with Crippen molar-refractivity contribution in [3.63, 3.8) is 0 Å². The molecule has 0 radical (unpaired) electrons. The van der Waals surface area contributed by atoms with E-state index in [0.717, 1.165) is 44.2 Å². The van der Waals surface area contributed by atoms with Crippen LogP contribution in [0.3, 0.4) is 0 Å². The molecule has 6 N–H and O–H groups in total. The third-order valence-electron chi connectivity index (χ3n) is 7.15. The Morgan fingerprint density at radius 1 is 0.558 bits per heavy atom. The molecule has 6 rings (SSSR count). The Morgan fingerprint density at radius 2 is 1.12 bits per heavy atom. The summed E-state index contributed by atoms with van der Waals surface area (Å²) in [6.45, 7) is 3.87. The van der Waals surface area contributed by atoms with Gasteiger partial charge >= 0.3 is 14.2 Å². The number of H-pyrrole nitrogens is 2. The summed E-state index contributed by atoms with van der Waals surface area (Å²) in [5.41, 5.74) is 6.32.